The van der Waals surface area contributed by atoms with Gasteiger partial charge in [-0.15, -0.1) is 10.2 Å². The standard InChI is InChI=1S/C12H10ClN5S2/c1-18(2)11-16-17-12(20-11)19-9-7-5-3-4-6-8(7)14-10(13)15-9/h3-6H,1-2H3. The molecule has 0 amide bonds. The van der Waals surface area contributed by atoms with E-state index in [0.29, 0.717) is 0 Å². The van der Waals surface area contributed by atoms with E-state index in [4.69, 9.17) is 11.6 Å². The van der Waals surface area contributed by atoms with Crippen molar-refractivity contribution in [2.45, 2.75) is 9.37 Å². The summed E-state index contributed by atoms with van der Waals surface area (Å²) in [5.41, 5.74) is 0.826. The maximum Gasteiger partial charge on any atom is 0.224 e. The number of hydrogen-bond acceptors (Lipinski definition) is 7. The van der Waals surface area contributed by atoms with Crippen molar-refractivity contribution in [2.24, 2.45) is 0 Å². The SMILES string of the molecule is CN(C)c1nnc(Sc2nc(Cl)nc3ccccc23)s1. The van der Waals surface area contributed by atoms with Gasteiger partial charge in [-0.2, -0.15) is 0 Å². The van der Waals surface area contributed by atoms with Gasteiger partial charge < -0.3 is 4.90 Å². The molecule has 0 aliphatic heterocycles. The molecule has 2 heterocycles. The lowest BCUT2D eigenvalue weighted by Gasteiger charge is -2.04. The molecule has 102 valence electrons. The zero-order valence-corrected chi connectivity index (χ0v) is 13.1. The van der Waals surface area contributed by atoms with E-state index in [9.17, 15) is 0 Å². The molecule has 0 bridgehead atoms. The number of aromatic nitrogens is 4. The van der Waals surface area contributed by atoms with Crippen molar-refractivity contribution in [3.05, 3.63) is 29.5 Å². The van der Waals surface area contributed by atoms with Crippen LogP contribution in [0.15, 0.2) is 33.6 Å². The van der Waals surface area contributed by atoms with Crippen molar-refractivity contribution in [1.29, 1.82) is 0 Å². The number of rotatable bonds is 3. The van der Waals surface area contributed by atoms with Crippen molar-refractivity contribution in [3.8, 4) is 0 Å². The fourth-order valence-corrected chi connectivity index (χ4v) is 3.62. The first kappa shape index (κ1) is 13.5. The average molecular weight is 324 g/mol. The third-order valence-electron chi connectivity index (χ3n) is 2.50. The Labute approximate surface area is 129 Å². The summed E-state index contributed by atoms with van der Waals surface area (Å²) in [7, 11) is 3.87. The Hall–Kier alpha value is -1.44. The molecule has 8 heteroatoms. The number of para-hydroxylation sites is 1. The maximum absolute atomic E-state index is 5.97. The highest BCUT2D eigenvalue weighted by molar-refractivity contribution is 8.01. The highest BCUT2D eigenvalue weighted by Gasteiger charge is 2.12. The quantitative estimate of drug-likeness (QED) is 0.544. The molecule has 0 N–H and O–H groups in total. The molecule has 1 aromatic carbocycles. The predicted molar refractivity (Wildman–Crippen MR) is 82.9 cm³/mol. The fourth-order valence-electron chi connectivity index (χ4n) is 1.61. The van der Waals surface area contributed by atoms with Crippen LogP contribution in [-0.2, 0) is 0 Å². The molecule has 0 atom stereocenters. The molecule has 0 saturated heterocycles. The van der Waals surface area contributed by atoms with Crippen LogP contribution in [0.4, 0.5) is 5.13 Å². The van der Waals surface area contributed by atoms with Gasteiger partial charge in [0.2, 0.25) is 10.4 Å². The van der Waals surface area contributed by atoms with E-state index in [1.165, 1.54) is 23.1 Å². The normalized spacial score (nSPS) is 10.9. The minimum Gasteiger partial charge on any atom is -0.353 e. The van der Waals surface area contributed by atoms with Crippen molar-refractivity contribution in [1.82, 2.24) is 20.2 Å². The van der Waals surface area contributed by atoms with E-state index in [0.717, 1.165) is 25.4 Å². The van der Waals surface area contributed by atoms with Crippen LogP contribution in [0.5, 0.6) is 0 Å². The lowest BCUT2D eigenvalue weighted by atomic mass is 10.2. The van der Waals surface area contributed by atoms with E-state index in [-0.39, 0.29) is 5.28 Å². The Morgan fingerprint density at radius 2 is 1.95 bits per heavy atom. The first-order valence-electron chi connectivity index (χ1n) is 5.74. The van der Waals surface area contributed by atoms with Gasteiger partial charge >= 0.3 is 0 Å². The first-order chi connectivity index (χ1) is 9.63. The average Bonchev–Trinajstić information content (AvgIpc) is 2.87. The number of benzene rings is 1. The summed E-state index contributed by atoms with van der Waals surface area (Å²) >= 11 is 8.93. The van der Waals surface area contributed by atoms with E-state index < -0.39 is 0 Å². The molecule has 0 radical (unpaired) electrons. The van der Waals surface area contributed by atoms with Gasteiger partial charge in [0.1, 0.15) is 5.03 Å². The number of anilines is 1. The summed E-state index contributed by atoms with van der Waals surface area (Å²) in [6.45, 7) is 0. The number of halogens is 1. The van der Waals surface area contributed by atoms with Gasteiger partial charge in [0.25, 0.3) is 0 Å². The van der Waals surface area contributed by atoms with Crippen LogP contribution in [0.3, 0.4) is 0 Å². The Morgan fingerprint density at radius 3 is 2.70 bits per heavy atom. The summed E-state index contributed by atoms with van der Waals surface area (Å²) in [4.78, 5) is 10.4. The van der Waals surface area contributed by atoms with Gasteiger partial charge in [-0.05, 0) is 29.4 Å². The molecule has 3 aromatic rings. The van der Waals surface area contributed by atoms with Crippen molar-refractivity contribution < 1.29 is 0 Å². The largest absolute Gasteiger partial charge is 0.353 e. The molecular formula is C12H10ClN5S2. The van der Waals surface area contributed by atoms with Gasteiger partial charge in [-0.1, -0.05) is 29.5 Å². The number of fused-ring (bicyclic) bond motifs is 1. The lowest BCUT2D eigenvalue weighted by Crippen LogP contribution is -2.07. The number of nitrogens with zero attached hydrogens (tertiary/aromatic N) is 5. The van der Waals surface area contributed by atoms with E-state index in [2.05, 4.69) is 20.2 Å². The summed E-state index contributed by atoms with van der Waals surface area (Å²) in [6.07, 6.45) is 0. The molecule has 5 nitrogen and oxygen atoms in total. The van der Waals surface area contributed by atoms with Gasteiger partial charge in [-0.25, -0.2) is 9.97 Å². The van der Waals surface area contributed by atoms with Crippen LogP contribution in [0, 0.1) is 0 Å². The Balaban J connectivity index is 2.01. The van der Waals surface area contributed by atoms with Gasteiger partial charge in [-0.3, -0.25) is 0 Å². The summed E-state index contributed by atoms with van der Waals surface area (Å²) < 4.78 is 0.827. The minimum absolute atomic E-state index is 0.239. The highest BCUT2D eigenvalue weighted by Crippen LogP contribution is 2.35. The van der Waals surface area contributed by atoms with Crippen LogP contribution in [0.1, 0.15) is 0 Å². The van der Waals surface area contributed by atoms with E-state index >= 15 is 0 Å². The third kappa shape index (κ3) is 2.70. The zero-order chi connectivity index (χ0) is 14.1. The molecule has 2 aromatic heterocycles. The monoisotopic (exact) mass is 323 g/mol. The Morgan fingerprint density at radius 1 is 1.15 bits per heavy atom. The second-order valence-corrected chi connectivity index (χ2v) is 6.69. The molecule has 0 saturated carbocycles. The molecule has 0 unspecified atom stereocenters. The van der Waals surface area contributed by atoms with Crippen molar-refractivity contribution >= 4 is 50.7 Å². The van der Waals surface area contributed by atoms with Gasteiger partial charge in [0.05, 0.1) is 5.52 Å². The van der Waals surface area contributed by atoms with Crippen molar-refractivity contribution in [2.75, 3.05) is 19.0 Å². The molecular weight excluding hydrogens is 314 g/mol. The zero-order valence-electron chi connectivity index (χ0n) is 10.7. The molecule has 0 aliphatic rings. The van der Waals surface area contributed by atoms with Crippen LogP contribution in [0.25, 0.3) is 10.9 Å². The van der Waals surface area contributed by atoms with E-state index in [1.807, 2.05) is 43.3 Å². The van der Waals surface area contributed by atoms with E-state index in [1.54, 1.807) is 0 Å². The predicted octanol–water partition coefficient (Wildman–Crippen LogP) is 3.35. The van der Waals surface area contributed by atoms with Crippen LogP contribution in [0.2, 0.25) is 5.28 Å². The molecule has 0 aliphatic carbocycles. The second-order valence-electron chi connectivity index (χ2n) is 4.16. The van der Waals surface area contributed by atoms with Crippen molar-refractivity contribution in [3.63, 3.8) is 0 Å². The fraction of sp³-hybridized carbons (Fsp3) is 0.167. The third-order valence-corrected chi connectivity index (χ3v) is 4.82. The Bertz CT molecular complexity index is 758. The maximum atomic E-state index is 5.97. The van der Waals surface area contributed by atoms with Crippen LogP contribution in [-0.4, -0.2) is 34.3 Å². The topological polar surface area (TPSA) is 54.8 Å². The number of hydrogen-bond donors (Lipinski definition) is 0. The molecule has 3 rings (SSSR count). The van der Waals surface area contributed by atoms with Gasteiger partial charge in [0.15, 0.2) is 4.34 Å². The molecule has 0 fully saturated rings. The summed E-state index contributed by atoms with van der Waals surface area (Å²) in [5.74, 6) is 0. The van der Waals surface area contributed by atoms with Crippen LogP contribution >= 0.6 is 34.7 Å². The smallest absolute Gasteiger partial charge is 0.224 e. The summed E-state index contributed by atoms with van der Waals surface area (Å²) in [5, 5.41) is 11.1. The highest BCUT2D eigenvalue weighted by atomic mass is 35.5. The molecule has 20 heavy (non-hydrogen) atoms. The van der Waals surface area contributed by atoms with Gasteiger partial charge in [0, 0.05) is 19.5 Å². The first-order valence-corrected chi connectivity index (χ1v) is 7.75. The molecule has 0 spiro atoms. The Kier molecular flexibility index (Phi) is 3.73. The van der Waals surface area contributed by atoms with Crippen LogP contribution < -0.4 is 4.90 Å². The minimum atomic E-state index is 0.239. The second kappa shape index (κ2) is 5.51. The lowest BCUT2D eigenvalue weighted by molar-refractivity contribution is 0.970. The summed E-state index contributed by atoms with van der Waals surface area (Å²) in [6, 6.07) is 7.77.